The van der Waals surface area contributed by atoms with Crippen LogP contribution in [-0.4, -0.2) is 36.3 Å². The lowest BCUT2D eigenvalue weighted by atomic mass is 10.1. The molecule has 0 spiro atoms. The number of carbonyl (C=O) groups excluding carboxylic acids is 1. The van der Waals surface area contributed by atoms with Crippen LogP contribution in [0.5, 0.6) is 17.2 Å². The van der Waals surface area contributed by atoms with E-state index in [0.717, 1.165) is 22.6 Å². The Morgan fingerprint density at radius 3 is 2.82 bits per heavy atom. The Bertz CT molecular complexity index is 1230. The predicted octanol–water partition coefficient (Wildman–Crippen LogP) is 3.25. The molecule has 0 saturated heterocycles. The van der Waals surface area contributed by atoms with Crippen LogP contribution >= 0.6 is 11.6 Å². The van der Waals surface area contributed by atoms with Crippen molar-refractivity contribution < 1.29 is 19.0 Å². The van der Waals surface area contributed by atoms with Gasteiger partial charge in [0.25, 0.3) is 0 Å². The van der Waals surface area contributed by atoms with Gasteiger partial charge in [0.15, 0.2) is 17.2 Å². The minimum Gasteiger partial charge on any atom is -0.495 e. The van der Waals surface area contributed by atoms with E-state index in [1.807, 2.05) is 30.3 Å². The van der Waals surface area contributed by atoms with Gasteiger partial charge in [0.2, 0.25) is 12.7 Å². The number of benzene rings is 2. The van der Waals surface area contributed by atoms with Crippen molar-refractivity contribution in [2.75, 3.05) is 25.8 Å². The minimum atomic E-state index is -0.300. The molecule has 0 fully saturated rings. The van der Waals surface area contributed by atoms with Crippen molar-refractivity contribution in [3.63, 3.8) is 0 Å². The molecule has 0 atom stereocenters. The number of halogens is 1. The first-order valence-corrected chi connectivity index (χ1v) is 10.9. The smallest absolute Gasteiger partial charge is 0.231 e. The molecule has 0 bridgehead atoms. The second kappa shape index (κ2) is 10.8. The molecule has 174 valence electrons. The van der Waals surface area contributed by atoms with Gasteiger partial charge in [-0.2, -0.15) is 5.26 Å². The summed E-state index contributed by atoms with van der Waals surface area (Å²) in [6.45, 7) is 1.63. The number of nitrogens with one attached hydrogen (secondary N) is 2. The average molecular weight is 480 g/mol. The van der Waals surface area contributed by atoms with Gasteiger partial charge in [0.05, 0.1) is 37.3 Å². The van der Waals surface area contributed by atoms with Crippen LogP contribution in [0.4, 0.5) is 5.69 Å². The van der Waals surface area contributed by atoms with Gasteiger partial charge in [-0.3, -0.25) is 9.78 Å². The van der Waals surface area contributed by atoms with E-state index in [9.17, 15) is 4.79 Å². The van der Waals surface area contributed by atoms with Gasteiger partial charge in [-0.1, -0.05) is 17.7 Å². The topological polar surface area (TPSA) is 118 Å². The third-order valence-corrected chi connectivity index (χ3v) is 5.49. The normalized spacial score (nSPS) is 11.7. The molecule has 1 aliphatic rings. The number of rotatable bonds is 9. The second-order valence-corrected chi connectivity index (χ2v) is 7.90. The number of methoxy groups -OCH3 is 1. The molecule has 2 heterocycles. The molecule has 0 radical (unpaired) electrons. The fourth-order valence-electron chi connectivity index (χ4n) is 3.42. The molecule has 9 nitrogen and oxygen atoms in total. The largest absolute Gasteiger partial charge is 0.495 e. The molecular weight excluding hydrogens is 458 g/mol. The van der Waals surface area contributed by atoms with Crippen LogP contribution in [0.2, 0.25) is 5.02 Å². The molecule has 0 aliphatic carbocycles. The van der Waals surface area contributed by atoms with Crippen molar-refractivity contribution in [3.05, 3.63) is 70.3 Å². The van der Waals surface area contributed by atoms with E-state index in [4.69, 9.17) is 31.1 Å². The Hall–Kier alpha value is -3.87. The van der Waals surface area contributed by atoms with Crippen LogP contribution in [0.15, 0.2) is 42.7 Å². The van der Waals surface area contributed by atoms with Crippen molar-refractivity contribution in [2.45, 2.75) is 19.4 Å². The molecule has 1 amide bonds. The zero-order valence-electron chi connectivity index (χ0n) is 18.4. The third kappa shape index (κ3) is 5.73. The first kappa shape index (κ1) is 23.3. The molecule has 1 aromatic heterocycles. The van der Waals surface area contributed by atoms with E-state index in [2.05, 4.69) is 20.6 Å². The standard InChI is InChI=1S/C24H22ClN5O4/c1-32-22-7-16(4-5-27-11-15-2-3-21-23(6-15)34-14-33-21)19(25)9-20(22)30-24(31)8-17-12-29-18(10-26)13-28-17/h2-3,6-7,9,12-13,27H,4-5,8,11,14H2,1H3,(H,30,31). The molecule has 0 saturated carbocycles. The van der Waals surface area contributed by atoms with Gasteiger partial charge in [0, 0.05) is 11.6 Å². The van der Waals surface area contributed by atoms with Crippen LogP contribution < -0.4 is 24.8 Å². The summed E-state index contributed by atoms with van der Waals surface area (Å²) in [6.07, 6.45) is 3.41. The summed E-state index contributed by atoms with van der Waals surface area (Å²) in [6, 6.07) is 11.3. The fourth-order valence-corrected chi connectivity index (χ4v) is 3.68. The van der Waals surface area contributed by atoms with E-state index in [1.165, 1.54) is 19.5 Å². The van der Waals surface area contributed by atoms with E-state index in [0.29, 0.717) is 41.7 Å². The molecule has 34 heavy (non-hydrogen) atoms. The van der Waals surface area contributed by atoms with Crippen molar-refractivity contribution in [2.24, 2.45) is 0 Å². The van der Waals surface area contributed by atoms with Crippen molar-refractivity contribution >= 4 is 23.2 Å². The summed E-state index contributed by atoms with van der Waals surface area (Å²) in [7, 11) is 1.53. The minimum absolute atomic E-state index is 0.00497. The van der Waals surface area contributed by atoms with Gasteiger partial charge in [-0.05, 0) is 48.4 Å². The fraction of sp³-hybridized carbons (Fsp3) is 0.250. The maximum Gasteiger partial charge on any atom is 0.231 e. The van der Waals surface area contributed by atoms with Gasteiger partial charge in [-0.25, -0.2) is 4.98 Å². The van der Waals surface area contributed by atoms with Crippen LogP contribution in [0.1, 0.15) is 22.5 Å². The number of nitrogens with zero attached hydrogens (tertiary/aromatic N) is 3. The lowest BCUT2D eigenvalue weighted by Crippen LogP contribution is -2.18. The highest BCUT2D eigenvalue weighted by Crippen LogP contribution is 2.33. The maximum atomic E-state index is 12.4. The molecule has 10 heteroatoms. The Morgan fingerprint density at radius 1 is 1.21 bits per heavy atom. The van der Waals surface area contributed by atoms with Gasteiger partial charge < -0.3 is 24.8 Å². The number of carbonyl (C=O) groups is 1. The number of anilines is 1. The Morgan fingerprint density at radius 2 is 2.06 bits per heavy atom. The monoisotopic (exact) mass is 479 g/mol. The molecule has 3 aromatic rings. The Balaban J connectivity index is 1.32. The average Bonchev–Trinajstić information content (AvgIpc) is 3.31. The van der Waals surface area contributed by atoms with Crippen molar-refractivity contribution in [1.29, 1.82) is 5.26 Å². The zero-order chi connectivity index (χ0) is 23.9. The Labute approximate surface area is 201 Å². The second-order valence-electron chi connectivity index (χ2n) is 7.49. The first-order valence-electron chi connectivity index (χ1n) is 10.5. The summed E-state index contributed by atoms with van der Waals surface area (Å²) in [5.41, 5.74) is 3.10. The quantitative estimate of drug-likeness (QED) is 0.449. The number of nitriles is 1. The predicted molar refractivity (Wildman–Crippen MR) is 125 cm³/mol. The summed E-state index contributed by atoms with van der Waals surface area (Å²) in [5, 5.41) is 15.5. The van der Waals surface area contributed by atoms with Crippen molar-refractivity contribution in [1.82, 2.24) is 15.3 Å². The van der Waals surface area contributed by atoms with Gasteiger partial charge in [-0.15, -0.1) is 0 Å². The molecule has 0 unspecified atom stereocenters. The van der Waals surface area contributed by atoms with E-state index in [1.54, 1.807) is 6.07 Å². The molecule has 1 aliphatic heterocycles. The highest BCUT2D eigenvalue weighted by atomic mass is 35.5. The maximum absolute atomic E-state index is 12.4. The molecular formula is C24H22ClN5O4. The van der Waals surface area contributed by atoms with E-state index in [-0.39, 0.29) is 24.8 Å². The lowest BCUT2D eigenvalue weighted by molar-refractivity contribution is -0.115. The number of hydrogen-bond acceptors (Lipinski definition) is 8. The van der Waals surface area contributed by atoms with Crippen LogP contribution in [0.25, 0.3) is 0 Å². The van der Waals surface area contributed by atoms with Crippen LogP contribution in [-0.2, 0) is 24.2 Å². The van der Waals surface area contributed by atoms with Gasteiger partial charge in [0.1, 0.15) is 11.8 Å². The van der Waals surface area contributed by atoms with Crippen molar-refractivity contribution in [3.8, 4) is 23.3 Å². The van der Waals surface area contributed by atoms with Gasteiger partial charge >= 0.3 is 0 Å². The number of ether oxygens (including phenoxy) is 3. The van der Waals surface area contributed by atoms with E-state index < -0.39 is 0 Å². The number of aromatic nitrogens is 2. The molecule has 2 aromatic carbocycles. The van der Waals surface area contributed by atoms with Crippen LogP contribution in [0.3, 0.4) is 0 Å². The van der Waals surface area contributed by atoms with Crippen LogP contribution in [0, 0.1) is 11.3 Å². The third-order valence-electron chi connectivity index (χ3n) is 5.14. The number of amides is 1. The molecule has 4 rings (SSSR count). The highest BCUT2D eigenvalue weighted by Gasteiger charge is 2.15. The lowest BCUT2D eigenvalue weighted by Gasteiger charge is -2.14. The number of fused-ring (bicyclic) bond motifs is 1. The summed E-state index contributed by atoms with van der Waals surface area (Å²) in [4.78, 5) is 20.4. The molecule has 2 N–H and O–H groups in total. The zero-order valence-corrected chi connectivity index (χ0v) is 19.2. The summed E-state index contributed by atoms with van der Waals surface area (Å²) < 4.78 is 16.2. The Kier molecular flexibility index (Phi) is 7.42. The summed E-state index contributed by atoms with van der Waals surface area (Å²) in [5.74, 6) is 1.73. The highest BCUT2D eigenvalue weighted by molar-refractivity contribution is 6.31. The SMILES string of the molecule is COc1cc(CCNCc2ccc3c(c2)OCO3)c(Cl)cc1NC(=O)Cc1cnc(C#N)cn1. The number of hydrogen-bond donors (Lipinski definition) is 2. The van der Waals surface area contributed by atoms with E-state index >= 15 is 0 Å². The first-order chi connectivity index (χ1) is 16.6. The summed E-state index contributed by atoms with van der Waals surface area (Å²) >= 11 is 6.48.